The van der Waals surface area contributed by atoms with Gasteiger partial charge in [0.25, 0.3) is 0 Å². The van der Waals surface area contributed by atoms with Crippen LogP contribution in [-0.4, -0.2) is 4.98 Å². The van der Waals surface area contributed by atoms with E-state index in [2.05, 4.69) is 48.5 Å². The van der Waals surface area contributed by atoms with Gasteiger partial charge in [0.15, 0.2) is 7.14 Å². The van der Waals surface area contributed by atoms with Gasteiger partial charge in [-0.15, -0.1) is 0 Å². The average Bonchev–Trinajstić information content (AvgIpc) is 3.44. The predicted octanol–water partition coefficient (Wildman–Crippen LogP) is 8.59. The van der Waals surface area contributed by atoms with Crippen LogP contribution in [0.25, 0.3) is 54.9 Å². The minimum Gasteiger partial charge on any atom is -0.456 e. The second-order valence-corrected chi connectivity index (χ2v) is 13.0. The van der Waals surface area contributed by atoms with Gasteiger partial charge in [0.2, 0.25) is 0 Å². The van der Waals surface area contributed by atoms with Gasteiger partial charge in [0.1, 0.15) is 11.2 Å². The molecule has 0 aliphatic rings. The lowest BCUT2D eigenvalue weighted by molar-refractivity contribution is 0.592. The number of fused-ring (bicyclic) bond motifs is 7. The van der Waals surface area contributed by atoms with E-state index in [0.29, 0.717) is 0 Å². The van der Waals surface area contributed by atoms with E-state index in [0.717, 1.165) is 70.8 Å². The maximum atomic E-state index is 15.1. The molecule has 2 aromatic heterocycles. The highest BCUT2D eigenvalue weighted by molar-refractivity contribution is 7.85. The Bertz CT molecular complexity index is 2240. The van der Waals surface area contributed by atoms with Crippen LogP contribution in [0.3, 0.4) is 0 Å². The third-order valence-electron chi connectivity index (χ3n) is 7.93. The first-order valence-electron chi connectivity index (χ1n) is 13.7. The van der Waals surface area contributed by atoms with Gasteiger partial charge in [-0.05, 0) is 30.3 Å². The molecule has 194 valence electrons. The molecule has 0 spiro atoms. The smallest absolute Gasteiger partial charge is 0.171 e. The summed E-state index contributed by atoms with van der Waals surface area (Å²) in [4.78, 5) is 5.19. The third kappa shape index (κ3) is 3.67. The van der Waals surface area contributed by atoms with Crippen molar-refractivity contribution >= 4 is 66.7 Å². The van der Waals surface area contributed by atoms with Gasteiger partial charge in [-0.1, -0.05) is 115 Å². The molecule has 0 atom stereocenters. The molecule has 41 heavy (non-hydrogen) atoms. The Labute approximate surface area is 237 Å². The van der Waals surface area contributed by atoms with Crippen molar-refractivity contribution in [2.75, 3.05) is 0 Å². The highest BCUT2D eigenvalue weighted by Gasteiger charge is 2.30. The zero-order valence-corrected chi connectivity index (χ0v) is 23.0. The molecule has 4 heteroatoms. The van der Waals surface area contributed by atoms with Crippen molar-refractivity contribution in [1.29, 1.82) is 0 Å². The lowest BCUT2D eigenvalue weighted by Crippen LogP contribution is -2.25. The van der Waals surface area contributed by atoms with Crippen LogP contribution in [0, 0.1) is 0 Å². The van der Waals surface area contributed by atoms with Crippen LogP contribution in [-0.2, 0) is 4.57 Å². The van der Waals surface area contributed by atoms with E-state index in [-0.39, 0.29) is 0 Å². The van der Waals surface area contributed by atoms with Crippen LogP contribution in [0.4, 0.5) is 0 Å². The number of nitrogens with zero attached hydrogens (tertiary/aromatic N) is 1. The van der Waals surface area contributed by atoms with Crippen LogP contribution >= 0.6 is 7.14 Å². The molecule has 6 aromatic carbocycles. The van der Waals surface area contributed by atoms with E-state index in [1.54, 1.807) is 0 Å². The van der Waals surface area contributed by atoms with Crippen LogP contribution in [0.2, 0.25) is 0 Å². The van der Waals surface area contributed by atoms with Crippen molar-refractivity contribution in [1.82, 2.24) is 4.98 Å². The summed E-state index contributed by atoms with van der Waals surface area (Å²) < 4.78 is 21.4. The fourth-order valence-electron chi connectivity index (χ4n) is 6.05. The van der Waals surface area contributed by atoms with E-state index < -0.39 is 7.14 Å². The highest BCUT2D eigenvalue weighted by atomic mass is 31.2. The zero-order chi connectivity index (χ0) is 27.4. The number of hydrogen-bond donors (Lipinski definition) is 0. The number of aromatic nitrogens is 1. The van der Waals surface area contributed by atoms with Gasteiger partial charge in [0, 0.05) is 48.4 Å². The van der Waals surface area contributed by atoms with Gasteiger partial charge in [-0.2, -0.15) is 0 Å². The molecule has 0 radical (unpaired) electrons. The van der Waals surface area contributed by atoms with Gasteiger partial charge in [-0.3, -0.25) is 0 Å². The SMILES string of the molecule is O=P(c1ccccc1)(c1ccccc1)c1cccc(-c2nc3ccccc3c3c2ccc2oc4ccccc4c23)c1. The summed E-state index contributed by atoms with van der Waals surface area (Å²) in [6.45, 7) is 0. The van der Waals surface area contributed by atoms with E-state index in [1.165, 1.54) is 0 Å². The first-order valence-corrected chi connectivity index (χ1v) is 15.4. The fraction of sp³-hybridized carbons (Fsp3) is 0. The first-order chi connectivity index (χ1) is 20.2. The molecule has 0 amide bonds. The van der Waals surface area contributed by atoms with E-state index in [1.807, 2.05) is 97.1 Å². The van der Waals surface area contributed by atoms with Crippen molar-refractivity contribution < 1.29 is 8.98 Å². The molecular weight excluding hydrogens is 521 g/mol. The second kappa shape index (κ2) is 9.30. The molecule has 0 aliphatic heterocycles. The quantitative estimate of drug-likeness (QED) is 0.164. The van der Waals surface area contributed by atoms with Crippen LogP contribution in [0.5, 0.6) is 0 Å². The predicted molar refractivity (Wildman–Crippen MR) is 171 cm³/mol. The standard InChI is InChI=1S/C37H24NO2P/c39-41(26-13-3-1-4-14-26,27-15-5-2-6-16-27)28-17-11-12-25(24-28)37-31-22-23-34-36(30-19-8-10-21-33(30)40-34)35(31)29-18-7-9-20-32(29)38-37/h1-24H. The average molecular weight is 546 g/mol. The first kappa shape index (κ1) is 23.9. The summed E-state index contributed by atoms with van der Waals surface area (Å²) in [6.07, 6.45) is 0. The van der Waals surface area contributed by atoms with Gasteiger partial charge < -0.3 is 8.98 Å². The molecule has 0 bridgehead atoms. The minimum atomic E-state index is -3.14. The molecule has 0 saturated heterocycles. The van der Waals surface area contributed by atoms with E-state index in [9.17, 15) is 0 Å². The Kier molecular flexibility index (Phi) is 5.41. The summed E-state index contributed by atoms with van der Waals surface area (Å²) >= 11 is 0. The number of furan rings is 1. The van der Waals surface area contributed by atoms with Gasteiger partial charge in [0.05, 0.1) is 11.2 Å². The topological polar surface area (TPSA) is 43.1 Å². The van der Waals surface area contributed by atoms with Crippen molar-refractivity contribution in [3.8, 4) is 11.3 Å². The Morgan fingerprint density at radius 1 is 0.488 bits per heavy atom. The van der Waals surface area contributed by atoms with Crippen LogP contribution in [0.15, 0.2) is 150 Å². The Morgan fingerprint density at radius 2 is 1.12 bits per heavy atom. The van der Waals surface area contributed by atoms with Crippen molar-refractivity contribution in [2.45, 2.75) is 0 Å². The molecular formula is C37H24NO2P. The molecule has 3 nitrogen and oxygen atoms in total. The molecule has 2 heterocycles. The molecule has 8 rings (SSSR count). The highest BCUT2D eigenvalue weighted by Crippen LogP contribution is 2.44. The summed E-state index contributed by atoms with van der Waals surface area (Å²) in [5, 5.41) is 7.82. The maximum Gasteiger partial charge on any atom is 0.171 e. The molecule has 0 aliphatic carbocycles. The zero-order valence-electron chi connectivity index (χ0n) is 22.1. The third-order valence-corrected chi connectivity index (χ3v) is 11.0. The monoisotopic (exact) mass is 545 g/mol. The van der Waals surface area contributed by atoms with Crippen molar-refractivity contribution in [3.05, 3.63) is 146 Å². The van der Waals surface area contributed by atoms with Crippen molar-refractivity contribution in [2.24, 2.45) is 0 Å². The Hall–Kier alpha value is -4.98. The van der Waals surface area contributed by atoms with Crippen molar-refractivity contribution in [3.63, 3.8) is 0 Å². The van der Waals surface area contributed by atoms with Crippen LogP contribution in [0.1, 0.15) is 0 Å². The number of rotatable bonds is 4. The summed E-state index contributed by atoms with van der Waals surface area (Å²) in [5.41, 5.74) is 4.42. The lowest BCUT2D eigenvalue weighted by Gasteiger charge is -2.21. The molecule has 8 aromatic rings. The summed E-state index contributed by atoms with van der Waals surface area (Å²) in [7, 11) is -3.14. The number of benzene rings is 6. The number of pyridine rings is 1. The number of para-hydroxylation sites is 2. The molecule has 0 saturated carbocycles. The lowest BCUT2D eigenvalue weighted by atomic mass is 9.96. The van der Waals surface area contributed by atoms with E-state index in [4.69, 9.17) is 9.40 Å². The summed E-state index contributed by atoms with van der Waals surface area (Å²) in [6, 6.07) is 48.3. The molecule has 0 fully saturated rings. The van der Waals surface area contributed by atoms with Crippen LogP contribution < -0.4 is 15.9 Å². The van der Waals surface area contributed by atoms with E-state index >= 15 is 4.57 Å². The normalized spacial score (nSPS) is 12.0. The Balaban J connectivity index is 1.44. The van der Waals surface area contributed by atoms with Gasteiger partial charge >= 0.3 is 0 Å². The second-order valence-electron chi connectivity index (χ2n) is 10.3. The fourth-order valence-corrected chi connectivity index (χ4v) is 8.74. The minimum absolute atomic E-state index is 0.783. The van der Waals surface area contributed by atoms with Gasteiger partial charge in [-0.25, -0.2) is 4.98 Å². The maximum absolute atomic E-state index is 15.1. The molecule has 0 N–H and O–H groups in total. The Morgan fingerprint density at radius 3 is 1.88 bits per heavy atom. The largest absolute Gasteiger partial charge is 0.456 e. The molecule has 0 unspecified atom stereocenters. The number of hydrogen-bond acceptors (Lipinski definition) is 3. The summed E-state index contributed by atoms with van der Waals surface area (Å²) in [5.74, 6) is 0.